The molecule has 2 aromatic carbocycles. The molecule has 0 unspecified atom stereocenters. The van der Waals surface area contributed by atoms with Crippen molar-refractivity contribution in [2.24, 2.45) is 0 Å². The van der Waals surface area contributed by atoms with Crippen LogP contribution in [-0.4, -0.2) is 23.8 Å². The van der Waals surface area contributed by atoms with E-state index >= 15 is 0 Å². The van der Waals surface area contributed by atoms with Crippen molar-refractivity contribution in [1.29, 1.82) is 0 Å². The summed E-state index contributed by atoms with van der Waals surface area (Å²) in [4.78, 5) is 13.9. The Morgan fingerprint density at radius 3 is 2.71 bits per heavy atom. The Morgan fingerprint density at radius 2 is 1.90 bits per heavy atom. The van der Waals surface area contributed by atoms with Crippen molar-refractivity contribution >= 4 is 34.0 Å². The lowest BCUT2D eigenvalue weighted by Crippen LogP contribution is -2.28. The number of hydrogen-bond donors (Lipinski definition) is 2. The number of thiophene rings is 1. The van der Waals surface area contributed by atoms with E-state index in [-0.39, 0.29) is 6.03 Å². The van der Waals surface area contributed by atoms with Crippen LogP contribution in [-0.2, 0) is 13.1 Å². The van der Waals surface area contributed by atoms with Crippen molar-refractivity contribution in [3.8, 4) is 22.1 Å². The molecule has 31 heavy (non-hydrogen) atoms. The standard InChI is InChI=1S/C24H23N3O3S/c1-2-27-19-7-4-3-6-17(19)18(23(27)22-8-5-13-31-22)15-25-24(28)26-16-9-10-20-21(14-16)30-12-11-29-20/h3-10,13-14H,2,11-12,15H2,1H3,(H2,25,26,28). The molecule has 7 heteroatoms. The average Bonchev–Trinajstić information content (AvgIpc) is 3.43. The van der Waals surface area contributed by atoms with Crippen molar-refractivity contribution in [1.82, 2.24) is 9.88 Å². The number of nitrogens with zero attached hydrogens (tertiary/aromatic N) is 1. The maximum Gasteiger partial charge on any atom is 0.319 e. The summed E-state index contributed by atoms with van der Waals surface area (Å²) in [6.45, 7) is 4.48. The normalized spacial score (nSPS) is 12.7. The molecular formula is C24H23N3O3S. The molecule has 0 aliphatic carbocycles. The summed E-state index contributed by atoms with van der Waals surface area (Å²) in [5, 5.41) is 9.17. The molecule has 0 atom stereocenters. The highest BCUT2D eigenvalue weighted by molar-refractivity contribution is 7.13. The maximum atomic E-state index is 12.7. The quantitative estimate of drug-likeness (QED) is 0.438. The van der Waals surface area contributed by atoms with Gasteiger partial charge in [-0.1, -0.05) is 24.3 Å². The van der Waals surface area contributed by atoms with Crippen molar-refractivity contribution in [2.75, 3.05) is 18.5 Å². The van der Waals surface area contributed by atoms with Crippen molar-refractivity contribution in [3.63, 3.8) is 0 Å². The number of urea groups is 1. The van der Waals surface area contributed by atoms with Crippen LogP contribution >= 0.6 is 11.3 Å². The summed E-state index contributed by atoms with van der Waals surface area (Å²) in [6.07, 6.45) is 0. The zero-order chi connectivity index (χ0) is 21.2. The number of hydrogen-bond acceptors (Lipinski definition) is 4. The van der Waals surface area contributed by atoms with Gasteiger partial charge < -0.3 is 24.7 Å². The number of anilines is 1. The van der Waals surface area contributed by atoms with Gasteiger partial charge in [0.25, 0.3) is 0 Å². The molecule has 2 amide bonds. The number of carbonyl (C=O) groups excluding carboxylic acids is 1. The van der Waals surface area contributed by atoms with Crippen LogP contribution in [0.5, 0.6) is 11.5 Å². The van der Waals surface area contributed by atoms with Crippen LogP contribution in [0.1, 0.15) is 12.5 Å². The molecule has 3 heterocycles. The van der Waals surface area contributed by atoms with E-state index in [9.17, 15) is 4.79 Å². The summed E-state index contributed by atoms with van der Waals surface area (Å²) in [7, 11) is 0. The SMILES string of the molecule is CCn1c(-c2cccs2)c(CNC(=O)Nc2ccc3c(c2)OCCO3)c2ccccc21. The van der Waals surface area contributed by atoms with Gasteiger partial charge in [-0.25, -0.2) is 4.79 Å². The van der Waals surface area contributed by atoms with Gasteiger partial charge in [0.1, 0.15) is 13.2 Å². The number of aryl methyl sites for hydroxylation is 1. The zero-order valence-corrected chi connectivity index (χ0v) is 18.0. The van der Waals surface area contributed by atoms with E-state index in [2.05, 4.69) is 57.8 Å². The number of aromatic nitrogens is 1. The fourth-order valence-corrected chi connectivity index (χ4v) is 4.85. The first-order chi connectivity index (χ1) is 15.2. The number of nitrogens with one attached hydrogen (secondary N) is 2. The Kier molecular flexibility index (Phi) is 5.26. The van der Waals surface area contributed by atoms with E-state index < -0.39 is 0 Å². The average molecular weight is 434 g/mol. The summed E-state index contributed by atoms with van der Waals surface area (Å²) >= 11 is 1.71. The van der Waals surface area contributed by atoms with E-state index in [1.165, 1.54) is 16.1 Å². The minimum atomic E-state index is -0.262. The Morgan fingerprint density at radius 1 is 1.06 bits per heavy atom. The van der Waals surface area contributed by atoms with Crippen LogP contribution in [0, 0.1) is 0 Å². The van der Waals surface area contributed by atoms with E-state index in [0.717, 1.165) is 17.5 Å². The molecular weight excluding hydrogens is 410 g/mol. The number of benzene rings is 2. The number of amides is 2. The van der Waals surface area contributed by atoms with Crippen LogP contribution in [0.15, 0.2) is 60.0 Å². The second-order valence-electron chi connectivity index (χ2n) is 7.23. The molecule has 2 aromatic heterocycles. The molecule has 0 fully saturated rings. The third-order valence-electron chi connectivity index (χ3n) is 5.37. The van der Waals surface area contributed by atoms with Gasteiger partial charge in [-0.3, -0.25) is 0 Å². The van der Waals surface area contributed by atoms with Crippen molar-refractivity contribution in [2.45, 2.75) is 20.0 Å². The molecule has 1 aliphatic heterocycles. The van der Waals surface area contributed by atoms with E-state index in [1.807, 2.05) is 18.2 Å². The third-order valence-corrected chi connectivity index (χ3v) is 6.25. The fraction of sp³-hybridized carbons (Fsp3) is 0.208. The Bertz CT molecular complexity index is 1230. The van der Waals surface area contributed by atoms with Crippen LogP contribution < -0.4 is 20.1 Å². The summed E-state index contributed by atoms with van der Waals surface area (Å²) in [5.41, 5.74) is 4.13. The lowest BCUT2D eigenvalue weighted by atomic mass is 10.1. The Balaban J connectivity index is 1.39. The summed E-state index contributed by atoms with van der Waals surface area (Å²) in [6, 6.07) is 17.7. The number of fused-ring (bicyclic) bond motifs is 2. The van der Waals surface area contributed by atoms with Crippen LogP contribution in [0.3, 0.4) is 0 Å². The molecule has 4 aromatic rings. The number of rotatable bonds is 5. The summed E-state index contributed by atoms with van der Waals surface area (Å²) < 4.78 is 13.4. The highest BCUT2D eigenvalue weighted by atomic mass is 32.1. The molecule has 0 spiro atoms. The van der Waals surface area contributed by atoms with Gasteiger partial charge in [0, 0.05) is 41.3 Å². The van der Waals surface area contributed by atoms with Crippen molar-refractivity contribution in [3.05, 3.63) is 65.5 Å². The van der Waals surface area contributed by atoms with Gasteiger partial charge in [-0.15, -0.1) is 11.3 Å². The van der Waals surface area contributed by atoms with Gasteiger partial charge in [-0.05, 0) is 36.6 Å². The summed E-state index contributed by atoms with van der Waals surface area (Å²) in [5.74, 6) is 1.35. The predicted octanol–water partition coefficient (Wildman–Crippen LogP) is 5.48. The first kappa shape index (κ1) is 19.5. The number of ether oxygens (including phenoxy) is 2. The Hall–Kier alpha value is -3.45. The van der Waals surface area contributed by atoms with Crippen LogP contribution in [0.2, 0.25) is 0 Å². The van der Waals surface area contributed by atoms with Gasteiger partial charge >= 0.3 is 6.03 Å². The van der Waals surface area contributed by atoms with E-state index in [4.69, 9.17) is 9.47 Å². The van der Waals surface area contributed by atoms with Crippen LogP contribution in [0.4, 0.5) is 10.5 Å². The topological polar surface area (TPSA) is 64.5 Å². The molecule has 5 rings (SSSR count). The second kappa shape index (κ2) is 8.35. The smallest absolute Gasteiger partial charge is 0.319 e. The highest BCUT2D eigenvalue weighted by Crippen LogP contribution is 2.36. The molecule has 0 saturated heterocycles. The molecule has 2 N–H and O–H groups in total. The molecule has 0 saturated carbocycles. The first-order valence-corrected chi connectivity index (χ1v) is 11.2. The minimum absolute atomic E-state index is 0.262. The third kappa shape index (κ3) is 3.72. The van der Waals surface area contributed by atoms with Gasteiger partial charge in [-0.2, -0.15) is 0 Å². The van der Waals surface area contributed by atoms with E-state index in [0.29, 0.717) is 36.9 Å². The molecule has 0 radical (unpaired) electrons. The zero-order valence-electron chi connectivity index (χ0n) is 17.2. The fourth-order valence-electron chi connectivity index (χ4n) is 4.04. The highest BCUT2D eigenvalue weighted by Gasteiger charge is 2.19. The molecule has 1 aliphatic rings. The monoisotopic (exact) mass is 433 g/mol. The van der Waals surface area contributed by atoms with Crippen molar-refractivity contribution < 1.29 is 14.3 Å². The first-order valence-electron chi connectivity index (χ1n) is 10.3. The van der Waals surface area contributed by atoms with Gasteiger partial charge in [0.2, 0.25) is 0 Å². The maximum absolute atomic E-state index is 12.7. The van der Waals surface area contributed by atoms with Crippen LogP contribution in [0.25, 0.3) is 21.5 Å². The second-order valence-corrected chi connectivity index (χ2v) is 8.18. The number of carbonyl (C=O) groups is 1. The number of para-hydroxylation sites is 1. The minimum Gasteiger partial charge on any atom is -0.486 e. The van der Waals surface area contributed by atoms with E-state index in [1.54, 1.807) is 17.4 Å². The Labute approximate surface area is 184 Å². The lowest BCUT2D eigenvalue weighted by molar-refractivity contribution is 0.171. The predicted molar refractivity (Wildman–Crippen MR) is 124 cm³/mol. The molecule has 158 valence electrons. The lowest BCUT2D eigenvalue weighted by Gasteiger charge is -2.19. The van der Waals surface area contributed by atoms with Gasteiger partial charge in [0.05, 0.1) is 10.6 Å². The molecule has 6 nitrogen and oxygen atoms in total. The molecule has 0 bridgehead atoms. The van der Waals surface area contributed by atoms with Gasteiger partial charge in [0.15, 0.2) is 11.5 Å². The largest absolute Gasteiger partial charge is 0.486 e.